The number of carbonyl (C=O) groups is 1. The number of fused-ring (bicyclic) bond motifs is 1. The minimum atomic E-state index is -1.03. The highest BCUT2D eigenvalue weighted by atomic mass is 19.1. The van der Waals surface area contributed by atoms with Crippen LogP contribution in [0, 0.1) is 11.7 Å². The first-order valence-electron chi connectivity index (χ1n) is 6.77. The van der Waals surface area contributed by atoms with Gasteiger partial charge in [0.2, 0.25) is 5.91 Å². The lowest BCUT2D eigenvalue weighted by Crippen LogP contribution is -2.64. The van der Waals surface area contributed by atoms with Crippen LogP contribution in [-0.4, -0.2) is 36.2 Å². The van der Waals surface area contributed by atoms with E-state index in [2.05, 4.69) is 11.9 Å². The highest BCUT2D eigenvalue weighted by molar-refractivity contribution is 5.83. The molecular formula is C16H21FN2O3. The molecule has 22 heavy (non-hydrogen) atoms. The summed E-state index contributed by atoms with van der Waals surface area (Å²) in [7, 11) is 1.63. The molecule has 2 heterocycles. The van der Waals surface area contributed by atoms with E-state index in [4.69, 9.17) is 4.74 Å². The lowest BCUT2D eigenvalue weighted by atomic mass is 9.73. The smallest absolute Gasteiger partial charge is 0.233 e. The van der Waals surface area contributed by atoms with Crippen molar-refractivity contribution in [2.45, 2.75) is 19.4 Å². The first-order chi connectivity index (χ1) is 9.95. The quantitative estimate of drug-likeness (QED) is 0.832. The molecule has 0 aliphatic carbocycles. The Morgan fingerprint density at radius 3 is 3.00 bits per heavy atom. The van der Waals surface area contributed by atoms with Crippen molar-refractivity contribution in [3.05, 3.63) is 42.0 Å². The van der Waals surface area contributed by atoms with Crippen molar-refractivity contribution in [1.82, 2.24) is 10.2 Å². The molecule has 2 N–H and O–H groups in total. The predicted molar refractivity (Wildman–Crippen MR) is 80.4 cm³/mol. The van der Waals surface area contributed by atoms with Gasteiger partial charge in [0.25, 0.3) is 0 Å². The van der Waals surface area contributed by atoms with E-state index in [-0.39, 0.29) is 31.3 Å². The standard InChI is InChI=1S/C15H17FN2O3.CH4/c1-9-17-15(12-7-10(19)3-4-13(12)16)8-21-6-5-11(15)14(20)18(9)2;/h3-4,7,11,17,19H,1,5-6,8H2,2H3;1H4/t11-,15-;/m0./s1. The van der Waals surface area contributed by atoms with Gasteiger partial charge < -0.3 is 20.1 Å². The van der Waals surface area contributed by atoms with Gasteiger partial charge in [-0.1, -0.05) is 14.0 Å². The van der Waals surface area contributed by atoms with Crippen LogP contribution < -0.4 is 5.32 Å². The minimum Gasteiger partial charge on any atom is -0.508 e. The highest BCUT2D eigenvalue weighted by Gasteiger charge is 2.52. The van der Waals surface area contributed by atoms with Crippen molar-refractivity contribution < 1.29 is 19.0 Å². The van der Waals surface area contributed by atoms with Gasteiger partial charge in [-0.15, -0.1) is 0 Å². The molecule has 120 valence electrons. The molecule has 0 spiro atoms. The lowest BCUT2D eigenvalue weighted by Gasteiger charge is -2.50. The van der Waals surface area contributed by atoms with E-state index in [1.165, 1.54) is 23.1 Å². The van der Waals surface area contributed by atoms with Crippen molar-refractivity contribution in [1.29, 1.82) is 0 Å². The molecule has 2 aliphatic heterocycles. The van der Waals surface area contributed by atoms with Crippen molar-refractivity contribution >= 4 is 5.91 Å². The van der Waals surface area contributed by atoms with Crippen LogP contribution in [0.4, 0.5) is 4.39 Å². The Morgan fingerprint density at radius 2 is 2.27 bits per heavy atom. The number of nitrogens with one attached hydrogen (secondary N) is 1. The summed E-state index contributed by atoms with van der Waals surface area (Å²) < 4.78 is 19.8. The van der Waals surface area contributed by atoms with Gasteiger partial charge in [-0.2, -0.15) is 0 Å². The number of ether oxygens (including phenoxy) is 1. The second kappa shape index (κ2) is 5.61. The molecule has 0 bridgehead atoms. The van der Waals surface area contributed by atoms with E-state index in [0.717, 1.165) is 0 Å². The SMILES string of the molecule is C.C=C1N[C@@]2(c3cc(O)ccc3F)COCC[C@H]2C(=O)N1C. The Morgan fingerprint density at radius 1 is 1.55 bits per heavy atom. The van der Waals surface area contributed by atoms with Crippen molar-refractivity contribution in [3.63, 3.8) is 0 Å². The topological polar surface area (TPSA) is 61.8 Å². The van der Waals surface area contributed by atoms with Crippen LogP contribution in [0.5, 0.6) is 5.75 Å². The zero-order valence-corrected chi connectivity index (χ0v) is 11.7. The maximum Gasteiger partial charge on any atom is 0.233 e. The van der Waals surface area contributed by atoms with Crippen molar-refractivity contribution in [3.8, 4) is 5.75 Å². The number of phenolic OH excluding ortho intramolecular Hbond substituents is 1. The molecule has 2 atom stereocenters. The van der Waals surface area contributed by atoms with Gasteiger partial charge in [-0.25, -0.2) is 4.39 Å². The number of aromatic hydroxyl groups is 1. The van der Waals surface area contributed by atoms with E-state index in [1.54, 1.807) is 7.05 Å². The van der Waals surface area contributed by atoms with E-state index in [9.17, 15) is 14.3 Å². The molecule has 3 rings (SSSR count). The second-order valence-corrected chi connectivity index (χ2v) is 5.50. The number of hydrogen-bond acceptors (Lipinski definition) is 4. The van der Waals surface area contributed by atoms with E-state index >= 15 is 0 Å². The summed E-state index contributed by atoms with van der Waals surface area (Å²) in [5.41, 5.74) is -0.795. The Labute approximate surface area is 129 Å². The molecule has 2 saturated heterocycles. The minimum absolute atomic E-state index is 0. The van der Waals surface area contributed by atoms with Crippen LogP contribution in [0.2, 0.25) is 0 Å². The van der Waals surface area contributed by atoms with Gasteiger partial charge in [-0.3, -0.25) is 4.79 Å². The molecule has 0 unspecified atom stereocenters. The monoisotopic (exact) mass is 308 g/mol. The Kier molecular flexibility index (Phi) is 4.15. The Balaban J connectivity index is 0.00000176. The van der Waals surface area contributed by atoms with Crippen molar-refractivity contribution in [2.75, 3.05) is 20.3 Å². The van der Waals surface area contributed by atoms with E-state index < -0.39 is 17.3 Å². The fourth-order valence-corrected chi connectivity index (χ4v) is 3.13. The predicted octanol–water partition coefficient (Wildman–Crippen LogP) is 1.93. The Bertz CT molecular complexity index is 619. The van der Waals surface area contributed by atoms with E-state index in [1.807, 2.05) is 0 Å². The van der Waals surface area contributed by atoms with Gasteiger partial charge in [0.1, 0.15) is 22.9 Å². The van der Waals surface area contributed by atoms with Gasteiger partial charge >= 0.3 is 0 Å². The van der Waals surface area contributed by atoms with Gasteiger partial charge in [0.15, 0.2) is 0 Å². The van der Waals surface area contributed by atoms with Crippen LogP contribution in [0.1, 0.15) is 19.4 Å². The molecule has 5 nitrogen and oxygen atoms in total. The molecule has 1 aromatic rings. The molecule has 0 radical (unpaired) electrons. The number of phenols is 1. The van der Waals surface area contributed by atoms with Gasteiger partial charge in [0.05, 0.1) is 12.5 Å². The van der Waals surface area contributed by atoms with Gasteiger partial charge in [-0.05, 0) is 24.6 Å². The van der Waals surface area contributed by atoms with Crippen LogP contribution in [-0.2, 0) is 15.1 Å². The van der Waals surface area contributed by atoms with Crippen LogP contribution in [0.3, 0.4) is 0 Å². The third-order valence-electron chi connectivity index (χ3n) is 4.31. The molecule has 1 aromatic carbocycles. The summed E-state index contributed by atoms with van der Waals surface area (Å²) in [6.45, 7) is 4.41. The maximum absolute atomic E-state index is 14.3. The average Bonchev–Trinajstić information content (AvgIpc) is 2.47. The van der Waals surface area contributed by atoms with Gasteiger partial charge in [0, 0.05) is 19.2 Å². The first-order valence-corrected chi connectivity index (χ1v) is 6.77. The second-order valence-electron chi connectivity index (χ2n) is 5.50. The average molecular weight is 308 g/mol. The van der Waals surface area contributed by atoms with Crippen LogP contribution in [0.25, 0.3) is 0 Å². The van der Waals surface area contributed by atoms with Crippen LogP contribution in [0.15, 0.2) is 30.6 Å². The number of hydrogen-bond donors (Lipinski definition) is 2. The highest BCUT2D eigenvalue weighted by Crippen LogP contribution is 2.42. The number of amides is 1. The summed E-state index contributed by atoms with van der Waals surface area (Å²) in [5.74, 6) is -0.725. The third-order valence-corrected chi connectivity index (χ3v) is 4.31. The molecule has 6 heteroatoms. The number of benzene rings is 1. The Hall–Kier alpha value is -2.08. The first kappa shape index (κ1) is 16.3. The third kappa shape index (κ3) is 2.23. The summed E-state index contributed by atoms with van der Waals surface area (Å²) in [6, 6.07) is 3.81. The maximum atomic E-state index is 14.3. The molecule has 2 fully saturated rings. The largest absolute Gasteiger partial charge is 0.508 e. The summed E-state index contributed by atoms with van der Waals surface area (Å²) in [5, 5.41) is 12.8. The summed E-state index contributed by atoms with van der Waals surface area (Å²) in [6.07, 6.45) is 0.485. The number of nitrogens with zero attached hydrogens (tertiary/aromatic N) is 1. The number of rotatable bonds is 1. The van der Waals surface area contributed by atoms with E-state index in [0.29, 0.717) is 18.8 Å². The van der Waals surface area contributed by atoms with Crippen molar-refractivity contribution in [2.24, 2.45) is 5.92 Å². The molecule has 0 aromatic heterocycles. The zero-order valence-electron chi connectivity index (χ0n) is 11.7. The fourth-order valence-electron chi connectivity index (χ4n) is 3.13. The lowest BCUT2D eigenvalue weighted by molar-refractivity contribution is -0.147. The molecule has 0 saturated carbocycles. The normalized spacial score (nSPS) is 27.7. The molecule has 2 aliphatic rings. The fraction of sp³-hybridized carbons (Fsp3) is 0.438. The summed E-state index contributed by atoms with van der Waals surface area (Å²) >= 11 is 0. The molecular weight excluding hydrogens is 287 g/mol. The summed E-state index contributed by atoms with van der Waals surface area (Å²) in [4.78, 5) is 14.0. The number of halogens is 1. The molecule has 1 amide bonds. The number of carbonyl (C=O) groups excluding carboxylic acids is 1. The van der Waals surface area contributed by atoms with Crippen LogP contribution >= 0.6 is 0 Å². The zero-order chi connectivity index (χ0) is 15.2.